The number of nitrogens with zero attached hydrogens (tertiary/aromatic N) is 5. The first-order valence-electron chi connectivity index (χ1n) is 9.83. The highest BCUT2D eigenvalue weighted by Crippen LogP contribution is 2.14. The number of benzene rings is 1. The summed E-state index contributed by atoms with van der Waals surface area (Å²) in [4.78, 5) is 31.5. The van der Waals surface area contributed by atoms with Crippen LogP contribution in [0.2, 0.25) is 0 Å². The molecule has 28 heavy (non-hydrogen) atoms. The molecule has 0 atom stereocenters. The minimum absolute atomic E-state index is 0.0679. The zero-order chi connectivity index (χ0) is 20.1. The van der Waals surface area contributed by atoms with E-state index in [1.807, 2.05) is 43.0 Å². The maximum atomic E-state index is 12.8. The third-order valence-electron chi connectivity index (χ3n) is 4.92. The first-order chi connectivity index (χ1) is 13.5. The lowest BCUT2D eigenvalue weighted by Gasteiger charge is -2.20. The number of hydrogen-bond donors (Lipinski definition) is 0. The molecule has 3 aromatic rings. The Kier molecular flexibility index (Phi) is 6.23. The molecule has 3 rings (SSSR count). The summed E-state index contributed by atoms with van der Waals surface area (Å²) >= 11 is 0. The van der Waals surface area contributed by atoms with Crippen LogP contribution in [-0.4, -0.2) is 43.2 Å². The second kappa shape index (κ2) is 8.82. The fourth-order valence-electron chi connectivity index (χ4n) is 3.17. The normalized spacial score (nSPS) is 11.1. The molecule has 0 aliphatic carbocycles. The average Bonchev–Trinajstić information content (AvgIpc) is 3.13. The van der Waals surface area contributed by atoms with E-state index >= 15 is 0 Å². The molecule has 0 N–H and O–H groups in total. The van der Waals surface area contributed by atoms with Crippen molar-refractivity contribution < 1.29 is 4.79 Å². The van der Waals surface area contributed by atoms with Crippen LogP contribution < -0.4 is 5.56 Å². The Balaban J connectivity index is 1.79. The predicted molar refractivity (Wildman–Crippen MR) is 110 cm³/mol. The molecule has 148 valence electrons. The maximum Gasteiger partial charge on any atom is 0.264 e. The Morgan fingerprint density at radius 3 is 2.61 bits per heavy atom. The van der Waals surface area contributed by atoms with E-state index in [4.69, 9.17) is 0 Å². The number of carbonyl (C=O) groups is 1. The molecule has 0 aliphatic rings. The molecule has 0 saturated carbocycles. The molecular weight excluding hydrogens is 354 g/mol. The summed E-state index contributed by atoms with van der Waals surface area (Å²) in [7, 11) is 0. The molecule has 7 nitrogen and oxygen atoms in total. The lowest BCUT2D eigenvalue weighted by Crippen LogP contribution is -2.33. The van der Waals surface area contributed by atoms with E-state index < -0.39 is 0 Å². The number of carbonyl (C=O) groups excluding carboxylic acids is 1. The molecular formula is C21H27N5O2. The van der Waals surface area contributed by atoms with Gasteiger partial charge in [0.1, 0.15) is 5.39 Å². The molecule has 2 heterocycles. The first kappa shape index (κ1) is 19.8. The summed E-state index contributed by atoms with van der Waals surface area (Å²) in [6.07, 6.45) is 5.38. The van der Waals surface area contributed by atoms with E-state index in [-0.39, 0.29) is 17.9 Å². The van der Waals surface area contributed by atoms with Gasteiger partial charge in [-0.3, -0.25) is 14.2 Å². The Labute approximate surface area is 164 Å². The molecule has 1 amide bonds. The van der Waals surface area contributed by atoms with Crippen LogP contribution in [0, 0.1) is 6.92 Å². The van der Waals surface area contributed by atoms with Crippen molar-refractivity contribution in [1.82, 2.24) is 24.2 Å². The predicted octanol–water partition coefficient (Wildman–Crippen LogP) is 2.93. The number of aromatic nitrogens is 4. The maximum absolute atomic E-state index is 12.8. The van der Waals surface area contributed by atoms with Crippen molar-refractivity contribution in [2.75, 3.05) is 13.1 Å². The van der Waals surface area contributed by atoms with Crippen LogP contribution in [0.4, 0.5) is 0 Å². The monoisotopic (exact) mass is 381 g/mol. The summed E-state index contributed by atoms with van der Waals surface area (Å²) < 4.78 is 3.16. The fourth-order valence-corrected chi connectivity index (χ4v) is 3.17. The van der Waals surface area contributed by atoms with Gasteiger partial charge in [-0.25, -0.2) is 9.67 Å². The molecule has 2 aromatic heterocycles. The molecule has 0 bridgehead atoms. The van der Waals surface area contributed by atoms with Crippen LogP contribution in [0.5, 0.6) is 0 Å². The molecule has 7 heteroatoms. The number of unbranched alkanes of at least 4 members (excludes halogenated alkanes) is 1. The number of rotatable bonds is 8. The van der Waals surface area contributed by atoms with Gasteiger partial charge >= 0.3 is 0 Å². The van der Waals surface area contributed by atoms with Gasteiger partial charge in [0, 0.05) is 26.1 Å². The zero-order valence-corrected chi connectivity index (χ0v) is 16.8. The van der Waals surface area contributed by atoms with E-state index in [9.17, 15) is 9.59 Å². The van der Waals surface area contributed by atoms with Gasteiger partial charge in [-0.1, -0.05) is 31.0 Å². The second-order valence-electron chi connectivity index (χ2n) is 6.95. The van der Waals surface area contributed by atoms with Gasteiger partial charge in [-0.2, -0.15) is 5.10 Å². The van der Waals surface area contributed by atoms with Gasteiger partial charge in [-0.15, -0.1) is 0 Å². The summed E-state index contributed by atoms with van der Waals surface area (Å²) in [5.41, 5.74) is 2.36. The number of hydrogen-bond acceptors (Lipinski definition) is 4. The average molecular weight is 381 g/mol. The molecule has 0 saturated heterocycles. The van der Waals surface area contributed by atoms with Crippen molar-refractivity contribution in [3.63, 3.8) is 0 Å². The van der Waals surface area contributed by atoms with Crippen molar-refractivity contribution in [3.05, 3.63) is 52.7 Å². The molecule has 0 spiro atoms. The zero-order valence-electron chi connectivity index (χ0n) is 16.8. The standard InChI is InChI=1S/C21H27N5O2/c1-4-6-12-24(5-2)19(27)11-13-25-15-22-20-18(21(25)28)14-23-26(20)17-9-7-16(3)8-10-17/h7-10,14-15H,4-6,11-13H2,1-3H3. The van der Waals surface area contributed by atoms with Gasteiger partial charge in [-0.05, 0) is 32.4 Å². The molecule has 0 aliphatic heterocycles. The highest BCUT2D eigenvalue weighted by molar-refractivity contribution is 5.76. The van der Waals surface area contributed by atoms with Crippen molar-refractivity contribution in [1.29, 1.82) is 0 Å². The molecule has 0 unspecified atom stereocenters. The van der Waals surface area contributed by atoms with E-state index in [1.54, 1.807) is 10.9 Å². The largest absolute Gasteiger partial charge is 0.343 e. The third-order valence-corrected chi connectivity index (χ3v) is 4.92. The minimum atomic E-state index is -0.173. The Morgan fingerprint density at radius 1 is 1.18 bits per heavy atom. The van der Waals surface area contributed by atoms with Crippen molar-refractivity contribution in [2.45, 2.75) is 46.6 Å². The summed E-state index contributed by atoms with van der Waals surface area (Å²) in [6.45, 7) is 7.88. The van der Waals surface area contributed by atoms with Crippen LogP contribution in [0.1, 0.15) is 38.7 Å². The Hall–Kier alpha value is -2.96. The second-order valence-corrected chi connectivity index (χ2v) is 6.95. The number of fused-ring (bicyclic) bond motifs is 1. The Bertz CT molecular complexity index is 1000. The van der Waals surface area contributed by atoms with Gasteiger partial charge in [0.15, 0.2) is 5.65 Å². The first-order valence-corrected chi connectivity index (χ1v) is 9.83. The van der Waals surface area contributed by atoms with E-state index in [0.717, 1.165) is 30.6 Å². The van der Waals surface area contributed by atoms with Gasteiger partial charge in [0.25, 0.3) is 5.56 Å². The summed E-state index contributed by atoms with van der Waals surface area (Å²) in [5.74, 6) is 0.0679. The van der Waals surface area contributed by atoms with Gasteiger partial charge in [0.2, 0.25) is 5.91 Å². The van der Waals surface area contributed by atoms with Crippen molar-refractivity contribution in [3.8, 4) is 5.69 Å². The van der Waals surface area contributed by atoms with Crippen LogP contribution in [0.3, 0.4) is 0 Å². The smallest absolute Gasteiger partial charge is 0.264 e. The van der Waals surface area contributed by atoms with Crippen LogP contribution in [-0.2, 0) is 11.3 Å². The quantitative estimate of drug-likeness (QED) is 0.601. The Morgan fingerprint density at radius 2 is 1.93 bits per heavy atom. The third kappa shape index (κ3) is 4.13. The SMILES string of the molecule is CCCCN(CC)C(=O)CCn1cnc2c(cnn2-c2ccc(C)cc2)c1=O. The van der Waals surface area contributed by atoms with Gasteiger partial charge < -0.3 is 4.90 Å². The minimum Gasteiger partial charge on any atom is -0.343 e. The molecule has 0 radical (unpaired) electrons. The number of aryl methyl sites for hydroxylation is 2. The fraction of sp³-hybridized carbons (Fsp3) is 0.429. The highest BCUT2D eigenvalue weighted by Gasteiger charge is 2.14. The van der Waals surface area contributed by atoms with Crippen LogP contribution >= 0.6 is 0 Å². The number of amides is 1. The van der Waals surface area contributed by atoms with Crippen molar-refractivity contribution in [2.24, 2.45) is 0 Å². The topological polar surface area (TPSA) is 73.0 Å². The van der Waals surface area contributed by atoms with Crippen LogP contribution in [0.25, 0.3) is 16.7 Å². The summed E-state index contributed by atoms with van der Waals surface area (Å²) in [6, 6.07) is 7.88. The van der Waals surface area contributed by atoms with E-state index in [1.165, 1.54) is 10.9 Å². The summed E-state index contributed by atoms with van der Waals surface area (Å²) in [5, 5.41) is 4.79. The molecule has 1 aromatic carbocycles. The lowest BCUT2D eigenvalue weighted by atomic mass is 10.2. The van der Waals surface area contributed by atoms with Crippen LogP contribution in [0.15, 0.2) is 41.6 Å². The van der Waals surface area contributed by atoms with E-state index in [2.05, 4.69) is 17.0 Å². The van der Waals surface area contributed by atoms with Crippen molar-refractivity contribution >= 4 is 16.9 Å². The van der Waals surface area contributed by atoms with Gasteiger partial charge in [0.05, 0.1) is 18.2 Å². The van der Waals surface area contributed by atoms with E-state index in [0.29, 0.717) is 24.1 Å². The molecule has 0 fully saturated rings. The highest BCUT2D eigenvalue weighted by atomic mass is 16.2. The lowest BCUT2D eigenvalue weighted by molar-refractivity contribution is -0.131.